The topological polar surface area (TPSA) is 56.7 Å². The Morgan fingerprint density at radius 3 is 2.43 bits per heavy atom. The third-order valence-electron chi connectivity index (χ3n) is 4.57. The minimum atomic E-state index is -0.121. The van der Waals surface area contributed by atoms with Gasteiger partial charge in [0.1, 0.15) is 0 Å². The van der Waals surface area contributed by atoms with E-state index in [0.717, 1.165) is 44.7 Å². The van der Waals surface area contributed by atoms with Gasteiger partial charge in [0.15, 0.2) is 5.96 Å². The van der Waals surface area contributed by atoms with Gasteiger partial charge in [-0.25, -0.2) is 0 Å². The number of aliphatic hydroxyl groups is 1. The third kappa shape index (κ3) is 5.54. The van der Waals surface area contributed by atoms with Gasteiger partial charge in [-0.3, -0.25) is 4.99 Å². The lowest BCUT2D eigenvalue weighted by molar-refractivity contribution is 0.120. The summed E-state index contributed by atoms with van der Waals surface area (Å²) in [6.45, 7) is 8.14. The van der Waals surface area contributed by atoms with E-state index < -0.39 is 0 Å². The summed E-state index contributed by atoms with van der Waals surface area (Å²) in [7, 11) is 0. The van der Waals surface area contributed by atoms with Crippen molar-refractivity contribution in [2.24, 2.45) is 4.99 Å². The molecule has 23 heavy (non-hydrogen) atoms. The molecule has 4 heteroatoms. The van der Waals surface area contributed by atoms with Crippen molar-refractivity contribution in [1.82, 2.24) is 10.6 Å². The number of benzene rings is 1. The van der Waals surface area contributed by atoms with Gasteiger partial charge in [0, 0.05) is 18.0 Å². The first-order valence-corrected chi connectivity index (χ1v) is 8.79. The number of rotatable bonds is 5. The molecule has 1 aliphatic carbocycles. The molecule has 3 N–H and O–H groups in total. The van der Waals surface area contributed by atoms with Crippen molar-refractivity contribution < 1.29 is 5.11 Å². The van der Waals surface area contributed by atoms with E-state index in [1.165, 1.54) is 5.56 Å². The number of nitrogens with one attached hydrogen (secondary N) is 2. The van der Waals surface area contributed by atoms with Crippen molar-refractivity contribution in [3.63, 3.8) is 0 Å². The summed E-state index contributed by atoms with van der Waals surface area (Å²) in [5.74, 6) is 0.887. The molecule has 128 valence electrons. The first kappa shape index (κ1) is 17.8. The molecule has 0 radical (unpaired) electrons. The molecule has 0 amide bonds. The molecule has 0 bridgehead atoms. The lowest BCUT2D eigenvalue weighted by atomic mass is 9.85. The zero-order valence-electron chi connectivity index (χ0n) is 14.7. The van der Waals surface area contributed by atoms with Crippen molar-refractivity contribution in [2.45, 2.75) is 64.0 Å². The summed E-state index contributed by atoms with van der Waals surface area (Å²) in [6.07, 6.45) is 3.66. The highest BCUT2D eigenvalue weighted by molar-refractivity contribution is 5.80. The van der Waals surface area contributed by atoms with E-state index in [1.54, 1.807) is 0 Å². The molecular formula is C19H31N3O. The number of nitrogens with zero attached hydrogens (tertiary/aromatic N) is 1. The zero-order valence-corrected chi connectivity index (χ0v) is 14.7. The fraction of sp³-hybridized carbons (Fsp3) is 0.632. The molecule has 0 unspecified atom stereocenters. The Morgan fingerprint density at radius 2 is 1.83 bits per heavy atom. The molecule has 0 saturated heterocycles. The standard InChI is InChI=1S/C19H31N3O/c1-4-20-18(22-16-10-12-17(23)13-11-16)21-14-19(2,3)15-8-6-5-7-9-15/h5-9,16-17,23H,4,10-14H2,1-3H3,(H2,20,21,22). The van der Waals surface area contributed by atoms with E-state index in [0.29, 0.717) is 6.04 Å². The number of hydrogen-bond donors (Lipinski definition) is 3. The van der Waals surface area contributed by atoms with Crippen LogP contribution in [0.4, 0.5) is 0 Å². The van der Waals surface area contributed by atoms with Gasteiger partial charge in [0.25, 0.3) is 0 Å². The van der Waals surface area contributed by atoms with Crippen LogP contribution in [0.2, 0.25) is 0 Å². The monoisotopic (exact) mass is 317 g/mol. The Balaban J connectivity index is 1.98. The van der Waals surface area contributed by atoms with Crippen molar-refractivity contribution >= 4 is 5.96 Å². The summed E-state index contributed by atoms with van der Waals surface area (Å²) >= 11 is 0. The molecule has 1 aliphatic rings. The van der Waals surface area contributed by atoms with Crippen molar-refractivity contribution in [3.05, 3.63) is 35.9 Å². The van der Waals surface area contributed by atoms with Crippen LogP contribution in [0.15, 0.2) is 35.3 Å². The lowest BCUT2D eigenvalue weighted by Crippen LogP contribution is -2.45. The number of hydrogen-bond acceptors (Lipinski definition) is 2. The van der Waals surface area contributed by atoms with Crippen LogP contribution in [-0.2, 0) is 5.41 Å². The van der Waals surface area contributed by atoms with Crippen molar-refractivity contribution in [2.75, 3.05) is 13.1 Å². The Kier molecular flexibility index (Phi) is 6.46. The normalized spacial score (nSPS) is 22.7. The second-order valence-electron chi connectivity index (χ2n) is 7.09. The van der Waals surface area contributed by atoms with Crippen LogP contribution in [0.3, 0.4) is 0 Å². The molecule has 1 saturated carbocycles. The minimum Gasteiger partial charge on any atom is -0.393 e. The maximum atomic E-state index is 9.63. The van der Waals surface area contributed by atoms with Crippen LogP contribution in [-0.4, -0.2) is 36.3 Å². The van der Waals surface area contributed by atoms with Crippen LogP contribution < -0.4 is 10.6 Å². The van der Waals surface area contributed by atoms with E-state index in [9.17, 15) is 5.11 Å². The molecule has 2 rings (SSSR count). The van der Waals surface area contributed by atoms with Crippen LogP contribution in [0.25, 0.3) is 0 Å². The molecule has 0 atom stereocenters. The molecule has 0 aromatic heterocycles. The van der Waals surface area contributed by atoms with Crippen LogP contribution in [0.1, 0.15) is 52.0 Å². The highest BCUT2D eigenvalue weighted by Gasteiger charge is 2.22. The average molecular weight is 317 g/mol. The van der Waals surface area contributed by atoms with E-state index in [4.69, 9.17) is 4.99 Å². The number of guanidine groups is 1. The molecule has 1 aromatic carbocycles. The van der Waals surface area contributed by atoms with E-state index in [-0.39, 0.29) is 11.5 Å². The van der Waals surface area contributed by atoms with Gasteiger partial charge in [0.2, 0.25) is 0 Å². The highest BCUT2D eigenvalue weighted by Crippen LogP contribution is 2.23. The van der Waals surface area contributed by atoms with Gasteiger partial charge in [-0.2, -0.15) is 0 Å². The predicted octanol–water partition coefficient (Wildman–Crippen LogP) is 2.82. The minimum absolute atomic E-state index is 0.00632. The smallest absolute Gasteiger partial charge is 0.191 e. The zero-order chi connectivity index (χ0) is 16.7. The molecule has 0 aliphatic heterocycles. The predicted molar refractivity (Wildman–Crippen MR) is 96.8 cm³/mol. The largest absolute Gasteiger partial charge is 0.393 e. The molecule has 4 nitrogen and oxygen atoms in total. The molecule has 1 fully saturated rings. The molecule has 0 spiro atoms. The van der Waals surface area contributed by atoms with Gasteiger partial charge in [-0.05, 0) is 38.2 Å². The molecule has 1 aromatic rings. The SMILES string of the molecule is CCNC(=NCC(C)(C)c1ccccc1)NC1CCC(O)CC1. The maximum absolute atomic E-state index is 9.63. The van der Waals surface area contributed by atoms with Crippen LogP contribution in [0, 0.1) is 0 Å². The Bertz CT molecular complexity index is 491. The summed E-state index contributed by atoms with van der Waals surface area (Å²) in [5, 5.41) is 16.5. The summed E-state index contributed by atoms with van der Waals surface area (Å²) in [4.78, 5) is 4.81. The summed E-state index contributed by atoms with van der Waals surface area (Å²) < 4.78 is 0. The van der Waals surface area contributed by atoms with Gasteiger partial charge < -0.3 is 15.7 Å². The summed E-state index contributed by atoms with van der Waals surface area (Å²) in [6, 6.07) is 11.0. The maximum Gasteiger partial charge on any atom is 0.191 e. The molecule has 0 heterocycles. The number of aliphatic hydroxyl groups excluding tert-OH is 1. The fourth-order valence-electron chi connectivity index (χ4n) is 2.99. The fourth-order valence-corrected chi connectivity index (χ4v) is 2.99. The highest BCUT2D eigenvalue weighted by atomic mass is 16.3. The Hall–Kier alpha value is -1.55. The molecular weight excluding hydrogens is 286 g/mol. The Labute approximate surface area is 140 Å². The van der Waals surface area contributed by atoms with Gasteiger partial charge in [-0.15, -0.1) is 0 Å². The average Bonchev–Trinajstić information content (AvgIpc) is 2.56. The van der Waals surface area contributed by atoms with E-state index in [1.807, 2.05) is 6.07 Å². The quantitative estimate of drug-likeness (QED) is 0.578. The lowest BCUT2D eigenvalue weighted by Gasteiger charge is -2.28. The van der Waals surface area contributed by atoms with Crippen molar-refractivity contribution in [3.8, 4) is 0 Å². The third-order valence-corrected chi connectivity index (χ3v) is 4.57. The van der Waals surface area contributed by atoms with Crippen LogP contribution in [0.5, 0.6) is 0 Å². The second-order valence-corrected chi connectivity index (χ2v) is 7.09. The summed E-state index contributed by atoms with van der Waals surface area (Å²) in [5.41, 5.74) is 1.31. The van der Waals surface area contributed by atoms with Gasteiger partial charge >= 0.3 is 0 Å². The Morgan fingerprint density at radius 1 is 1.17 bits per heavy atom. The van der Waals surface area contributed by atoms with Gasteiger partial charge in [-0.1, -0.05) is 44.2 Å². The van der Waals surface area contributed by atoms with E-state index >= 15 is 0 Å². The number of aliphatic imine (C=N–C) groups is 1. The first-order chi connectivity index (χ1) is 11.0. The first-order valence-electron chi connectivity index (χ1n) is 8.79. The second kappa shape index (κ2) is 8.34. The van der Waals surface area contributed by atoms with Gasteiger partial charge in [0.05, 0.1) is 12.6 Å². The van der Waals surface area contributed by atoms with E-state index in [2.05, 4.69) is 55.7 Å². The van der Waals surface area contributed by atoms with Crippen molar-refractivity contribution in [1.29, 1.82) is 0 Å². The van der Waals surface area contributed by atoms with Crippen LogP contribution >= 0.6 is 0 Å².